The third-order valence-corrected chi connectivity index (χ3v) is 3.60. The van der Waals surface area contributed by atoms with Crippen LogP contribution in [0.3, 0.4) is 0 Å². The third-order valence-electron chi connectivity index (χ3n) is 3.60. The van der Waals surface area contributed by atoms with Crippen LogP contribution in [0.15, 0.2) is 53.2 Å². The molecule has 0 atom stereocenters. The number of aromatic nitrogens is 2. The Morgan fingerprint density at radius 2 is 1.96 bits per heavy atom. The first-order chi connectivity index (χ1) is 11.6. The normalized spacial score (nSPS) is 10.7. The van der Waals surface area contributed by atoms with Gasteiger partial charge in [-0.3, -0.25) is 4.98 Å². The molecule has 6 nitrogen and oxygen atoms in total. The van der Waals surface area contributed by atoms with Crippen molar-refractivity contribution in [1.82, 2.24) is 10.1 Å². The molecule has 0 amide bonds. The molecule has 6 heteroatoms. The van der Waals surface area contributed by atoms with Gasteiger partial charge in [-0.25, -0.2) is 4.79 Å². The van der Waals surface area contributed by atoms with E-state index in [1.54, 1.807) is 6.07 Å². The van der Waals surface area contributed by atoms with E-state index in [4.69, 9.17) is 14.4 Å². The van der Waals surface area contributed by atoms with Crippen LogP contribution in [0.4, 0.5) is 0 Å². The molecule has 0 aliphatic heterocycles. The summed E-state index contributed by atoms with van der Waals surface area (Å²) in [6.45, 7) is 2.46. The predicted octanol–water partition coefficient (Wildman–Crippen LogP) is 3.46. The fraction of sp³-hybridized carbons (Fsp3) is 0.167. The minimum absolute atomic E-state index is 0.153. The fourth-order valence-electron chi connectivity index (χ4n) is 2.28. The van der Waals surface area contributed by atoms with E-state index in [-0.39, 0.29) is 12.2 Å². The molecule has 3 aromatic rings. The average Bonchev–Trinajstić information content (AvgIpc) is 2.97. The van der Waals surface area contributed by atoms with E-state index in [2.05, 4.69) is 10.1 Å². The summed E-state index contributed by atoms with van der Waals surface area (Å²) in [6.07, 6.45) is 1.32. The maximum absolute atomic E-state index is 10.8. The highest BCUT2D eigenvalue weighted by Crippen LogP contribution is 2.25. The summed E-state index contributed by atoms with van der Waals surface area (Å²) < 4.78 is 11.0. The van der Waals surface area contributed by atoms with E-state index in [1.807, 2.05) is 37.3 Å². The number of hydrogen-bond acceptors (Lipinski definition) is 5. The van der Waals surface area contributed by atoms with Gasteiger partial charge in [-0.2, -0.15) is 0 Å². The molecule has 0 saturated carbocycles. The second-order valence-corrected chi connectivity index (χ2v) is 5.27. The van der Waals surface area contributed by atoms with Gasteiger partial charge in [-0.05, 0) is 19.1 Å². The molecular formula is C18H16N2O4. The van der Waals surface area contributed by atoms with Crippen LogP contribution in [0.1, 0.15) is 27.4 Å². The molecule has 0 unspecified atom stereocenters. The summed E-state index contributed by atoms with van der Waals surface area (Å²) in [6, 6.07) is 12.9. The molecule has 1 N–H and O–H groups in total. The van der Waals surface area contributed by atoms with E-state index in [9.17, 15) is 4.79 Å². The summed E-state index contributed by atoms with van der Waals surface area (Å²) in [5.41, 5.74) is 3.44. The van der Waals surface area contributed by atoms with E-state index in [1.165, 1.54) is 12.3 Å². The van der Waals surface area contributed by atoms with Crippen molar-refractivity contribution < 1.29 is 19.2 Å². The largest absolute Gasteiger partial charge is 0.478 e. The first kappa shape index (κ1) is 15.9. The first-order valence-electron chi connectivity index (χ1n) is 7.41. The molecule has 0 aliphatic rings. The van der Waals surface area contributed by atoms with Crippen molar-refractivity contribution in [3.8, 4) is 11.3 Å². The lowest BCUT2D eigenvalue weighted by Crippen LogP contribution is -2.01. The lowest BCUT2D eigenvalue weighted by molar-refractivity contribution is 0.0696. The zero-order chi connectivity index (χ0) is 16.9. The molecule has 3 rings (SSSR count). The second-order valence-electron chi connectivity index (χ2n) is 5.27. The predicted molar refractivity (Wildman–Crippen MR) is 86.4 cm³/mol. The van der Waals surface area contributed by atoms with Gasteiger partial charge in [-0.15, -0.1) is 0 Å². The van der Waals surface area contributed by atoms with Gasteiger partial charge in [0.15, 0.2) is 0 Å². The number of rotatable bonds is 6. The van der Waals surface area contributed by atoms with Gasteiger partial charge in [0.1, 0.15) is 11.5 Å². The third kappa shape index (κ3) is 3.49. The maximum atomic E-state index is 10.8. The zero-order valence-electron chi connectivity index (χ0n) is 13.1. The van der Waals surface area contributed by atoms with Crippen LogP contribution < -0.4 is 0 Å². The van der Waals surface area contributed by atoms with E-state index in [0.717, 1.165) is 16.8 Å². The lowest BCUT2D eigenvalue weighted by atomic mass is 10.1. The molecule has 0 spiro atoms. The Bertz CT molecular complexity index is 826. The molecule has 0 fully saturated rings. The van der Waals surface area contributed by atoms with Crippen molar-refractivity contribution in [2.45, 2.75) is 20.1 Å². The van der Waals surface area contributed by atoms with Crippen LogP contribution in [0.5, 0.6) is 0 Å². The van der Waals surface area contributed by atoms with Gasteiger partial charge in [0.2, 0.25) is 0 Å². The highest BCUT2D eigenvalue weighted by Gasteiger charge is 2.14. The molecule has 1 aromatic carbocycles. The summed E-state index contributed by atoms with van der Waals surface area (Å²) >= 11 is 0. The van der Waals surface area contributed by atoms with Crippen LogP contribution in [0.2, 0.25) is 0 Å². The van der Waals surface area contributed by atoms with Crippen molar-refractivity contribution >= 4 is 5.97 Å². The highest BCUT2D eigenvalue weighted by molar-refractivity contribution is 5.87. The number of carbonyl (C=O) groups is 1. The Balaban J connectivity index is 1.67. The number of pyridine rings is 1. The van der Waals surface area contributed by atoms with Gasteiger partial charge in [-0.1, -0.05) is 35.5 Å². The SMILES string of the molecule is Cc1onc(-c2ccccc2)c1COCc1ccc(C(=O)O)cn1. The molecule has 2 aromatic heterocycles. The topological polar surface area (TPSA) is 85.5 Å². The second kappa shape index (κ2) is 7.06. The molecule has 2 heterocycles. The molecular weight excluding hydrogens is 308 g/mol. The van der Waals surface area contributed by atoms with E-state index >= 15 is 0 Å². The highest BCUT2D eigenvalue weighted by atomic mass is 16.5. The Hall–Kier alpha value is -2.99. The number of carboxylic acids is 1. The summed E-state index contributed by atoms with van der Waals surface area (Å²) in [5.74, 6) is -0.286. The van der Waals surface area contributed by atoms with Crippen LogP contribution in [-0.4, -0.2) is 21.2 Å². The number of benzene rings is 1. The number of ether oxygens (including phenoxy) is 1. The number of aryl methyl sites for hydroxylation is 1. The zero-order valence-corrected chi connectivity index (χ0v) is 13.1. The first-order valence-corrected chi connectivity index (χ1v) is 7.41. The van der Waals surface area contributed by atoms with Crippen molar-refractivity contribution in [2.24, 2.45) is 0 Å². The Morgan fingerprint density at radius 1 is 1.17 bits per heavy atom. The quantitative estimate of drug-likeness (QED) is 0.747. The summed E-state index contributed by atoms with van der Waals surface area (Å²) in [4.78, 5) is 14.9. The monoisotopic (exact) mass is 324 g/mol. The van der Waals surface area contributed by atoms with Crippen LogP contribution in [0, 0.1) is 6.92 Å². The average molecular weight is 324 g/mol. The molecule has 0 radical (unpaired) electrons. The fourth-order valence-corrected chi connectivity index (χ4v) is 2.28. The van der Waals surface area contributed by atoms with Crippen molar-refractivity contribution in [3.05, 3.63) is 71.2 Å². The van der Waals surface area contributed by atoms with Crippen molar-refractivity contribution in [2.75, 3.05) is 0 Å². The molecule has 0 saturated heterocycles. The van der Waals surface area contributed by atoms with Crippen LogP contribution >= 0.6 is 0 Å². The maximum Gasteiger partial charge on any atom is 0.337 e. The Morgan fingerprint density at radius 3 is 2.62 bits per heavy atom. The molecule has 0 aliphatic carbocycles. The van der Waals surface area contributed by atoms with Crippen molar-refractivity contribution in [1.29, 1.82) is 0 Å². The van der Waals surface area contributed by atoms with Gasteiger partial charge < -0.3 is 14.4 Å². The van der Waals surface area contributed by atoms with Gasteiger partial charge >= 0.3 is 5.97 Å². The number of hydrogen-bond donors (Lipinski definition) is 1. The smallest absolute Gasteiger partial charge is 0.337 e. The van der Waals surface area contributed by atoms with Crippen LogP contribution in [0.25, 0.3) is 11.3 Å². The summed E-state index contributed by atoms with van der Waals surface area (Å²) in [7, 11) is 0. The van der Waals surface area contributed by atoms with Gasteiger partial charge in [0, 0.05) is 17.3 Å². The van der Waals surface area contributed by atoms with Gasteiger partial charge in [0.25, 0.3) is 0 Å². The standard InChI is InChI=1S/C18H16N2O4/c1-12-16(17(20-24-12)13-5-3-2-4-6-13)11-23-10-15-8-7-14(9-19-15)18(21)22/h2-9H,10-11H2,1H3,(H,21,22). The minimum atomic E-state index is -0.998. The van der Waals surface area contributed by atoms with E-state index < -0.39 is 5.97 Å². The molecule has 24 heavy (non-hydrogen) atoms. The van der Waals surface area contributed by atoms with E-state index in [0.29, 0.717) is 18.1 Å². The summed E-state index contributed by atoms with van der Waals surface area (Å²) in [5, 5.41) is 13.0. The number of nitrogens with zero attached hydrogens (tertiary/aromatic N) is 2. The Labute approximate surface area is 138 Å². The molecule has 122 valence electrons. The Kier molecular flexibility index (Phi) is 4.67. The molecule has 0 bridgehead atoms. The minimum Gasteiger partial charge on any atom is -0.478 e. The van der Waals surface area contributed by atoms with Crippen LogP contribution in [-0.2, 0) is 18.0 Å². The lowest BCUT2D eigenvalue weighted by Gasteiger charge is -2.05. The van der Waals surface area contributed by atoms with Gasteiger partial charge in [0.05, 0.1) is 24.5 Å². The van der Waals surface area contributed by atoms with Crippen molar-refractivity contribution in [3.63, 3.8) is 0 Å². The number of carboxylic acid groups (broad SMARTS) is 1. The number of aromatic carboxylic acids is 1.